The van der Waals surface area contributed by atoms with Crippen molar-refractivity contribution >= 4 is 17.7 Å². The Balaban J connectivity index is 2.51. The van der Waals surface area contributed by atoms with Crippen molar-refractivity contribution in [3.63, 3.8) is 0 Å². The number of aliphatic carboxylic acids is 1. The van der Waals surface area contributed by atoms with Gasteiger partial charge in [0.15, 0.2) is 17.7 Å². The van der Waals surface area contributed by atoms with Gasteiger partial charge in [0.1, 0.15) is 5.82 Å². The Morgan fingerprint density at radius 3 is 2.35 bits per heavy atom. The van der Waals surface area contributed by atoms with Crippen LogP contribution in [0.3, 0.4) is 0 Å². The molecule has 0 radical (unpaired) electrons. The van der Waals surface area contributed by atoms with E-state index in [1.165, 1.54) is 0 Å². The average Bonchev–Trinajstić information content (AvgIpc) is 2.35. The molecule has 1 aromatic rings. The van der Waals surface area contributed by atoms with E-state index in [0.717, 1.165) is 0 Å². The first-order valence-corrected chi connectivity index (χ1v) is 5.41. The number of carboxylic acid groups (broad SMARTS) is 1. The predicted molar refractivity (Wildman–Crippen MR) is 61.6 cm³/mol. The van der Waals surface area contributed by atoms with E-state index in [-0.39, 0.29) is 19.0 Å². The summed E-state index contributed by atoms with van der Waals surface area (Å²) in [4.78, 5) is 21.6. The number of aliphatic hydroxyl groups is 1. The number of rotatable bonds is 5. The Morgan fingerprint density at radius 2 is 1.75 bits per heavy atom. The van der Waals surface area contributed by atoms with Gasteiger partial charge in [0, 0.05) is 25.1 Å². The largest absolute Gasteiger partial charge is 0.479 e. The number of anilines is 1. The molecule has 1 atom stereocenters. The van der Waals surface area contributed by atoms with Crippen LogP contribution in [0.25, 0.3) is 0 Å². The van der Waals surface area contributed by atoms with Crippen molar-refractivity contribution in [2.24, 2.45) is 0 Å². The number of aliphatic hydroxyl groups excluding tert-OH is 1. The molecule has 1 aromatic carbocycles. The quantitative estimate of drug-likeness (QED) is 0.610. The van der Waals surface area contributed by atoms with Crippen LogP contribution in [0, 0.1) is 17.5 Å². The maximum atomic E-state index is 13.2. The van der Waals surface area contributed by atoms with Crippen molar-refractivity contribution in [2.75, 3.05) is 11.9 Å². The molecule has 0 unspecified atom stereocenters. The first kappa shape index (κ1) is 15.8. The number of hydrogen-bond acceptors (Lipinski definition) is 3. The molecule has 0 saturated heterocycles. The Hall–Kier alpha value is -2.29. The molecule has 1 rings (SSSR count). The zero-order valence-electron chi connectivity index (χ0n) is 9.99. The molecule has 0 aliphatic carbocycles. The first-order valence-electron chi connectivity index (χ1n) is 5.41. The third-order valence-corrected chi connectivity index (χ3v) is 2.25. The van der Waals surface area contributed by atoms with Crippen LogP contribution >= 0.6 is 0 Å². The van der Waals surface area contributed by atoms with E-state index >= 15 is 0 Å². The van der Waals surface area contributed by atoms with Gasteiger partial charge in [-0.15, -0.1) is 0 Å². The molecular weight excluding hydrogens is 281 g/mol. The highest BCUT2D eigenvalue weighted by Crippen LogP contribution is 2.18. The van der Waals surface area contributed by atoms with E-state index in [0.29, 0.717) is 6.07 Å². The molecular formula is C11H11F3N2O4. The number of carboxylic acids is 1. The summed E-state index contributed by atoms with van der Waals surface area (Å²) in [6.07, 6.45) is -1.90. The summed E-state index contributed by atoms with van der Waals surface area (Å²) in [6, 6.07) is -0.206. The zero-order valence-corrected chi connectivity index (χ0v) is 9.99. The summed E-state index contributed by atoms with van der Waals surface area (Å²) in [6.45, 7) is -0.204. The number of carbonyl (C=O) groups is 2. The topological polar surface area (TPSA) is 98.7 Å². The van der Waals surface area contributed by atoms with Gasteiger partial charge < -0.3 is 20.8 Å². The van der Waals surface area contributed by atoms with Gasteiger partial charge in [0.25, 0.3) is 0 Å². The number of amides is 2. The number of urea groups is 1. The van der Waals surface area contributed by atoms with E-state index in [9.17, 15) is 22.8 Å². The van der Waals surface area contributed by atoms with Crippen LogP contribution in [0.15, 0.2) is 12.1 Å². The van der Waals surface area contributed by atoms with Crippen LogP contribution in [0.1, 0.15) is 6.42 Å². The monoisotopic (exact) mass is 292 g/mol. The number of halogens is 3. The minimum Gasteiger partial charge on any atom is -0.479 e. The third kappa shape index (κ3) is 4.43. The first-order chi connectivity index (χ1) is 9.31. The molecule has 4 N–H and O–H groups in total. The maximum Gasteiger partial charge on any atom is 0.332 e. The Morgan fingerprint density at radius 1 is 1.15 bits per heavy atom. The molecule has 0 bridgehead atoms. The Bertz CT molecular complexity index is 525. The summed E-state index contributed by atoms with van der Waals surface area (Å²) < 4.78 is 38.7. The highest BCUT2D eigenvalue weighted by molar-refractivity contribution is 5.89. The summed E-state index contributed by atoms with van der Waals surface area (Å²) in [5.74, 6) is -5.33. The summed E-state index contributed by atoms with van der Waals surface area (Å²) in [5.41, 5.74) is -0.569. The predicted octanol–water partition coefficient (Wildman–Crippen LogP) is 1.06. The molecule has 6 nitrogen and oxygen atoms in total. The second kappa shape index (κ2) is 6.75. The van der Waals surface area contributed by atoms with Crippen LogP contribution in [0.5, 0.6) is 0 Å². The minimum absolute atomic E-state index is 0.204. The van der Waals surface area contributed by atoms with Gasteiger partial charge in [-0.1, -0.05) is 0 Å². The van der Waals surface area contributed by atoms with Gasteiger partial charge in [0.2, 0.25) is 0 Å². The second-order valence-electron chi connectivity index (χ2n) is 3.77. The number of hydrogen-bond donors (Lipinski definition) is 4. The van der Waals surface area contributed by atoms with Gasteiger partial charge in [-0.2, -0.15) is 0 Å². The third-order valence-electron chi connectivity index (χ3n) is 2.25. The SMILES string of the molecule is O=C(NCC[C@H](O)C(=O)O)Nc1cc(F)c(F)cc1F. The molecule has 20 heavy (non-hydrogen) atoms. The van der Waals surface area contributed by atoms with Gasteiger partial charge in [-0.3, -0.25) is 0 Å². The van der Waals surface area contributed by atoms with Crippen LogP contribution in [-0.4, -0.2) is 34.9 Å². The lowest BCUT2D eigenvalue weighted by Crippen LogP contribution is -2.33. The van der Waals surface area contributed by atoms with Gasteiger partial charge in [-0.05, 0) is 0 Å². The lowest BCUT2D eigenvalue weighted by Gasteiger charge is -2.09. The molecule has 0 spiro atoms. The normalized spacial score (nSPS) is 11.8. The fourth-order valence-corrected chi connectivity index (χ4v) is 1.23. The molecule has 110 valence electrons. The molecule has 0 aliphatic heterocycles. The molecule has 9 heteroatoms. The van der Waals surface area contributed by atoms with E-state index in [1.807, 2.05) is 5.32 Å². The Kier molecular flexibility index (Phi) is 5.32. The standard InChI is InChI=1S/C11H11F3N2O4/c12-5-3-7(14)8(4-6(5)13)16-11(20)15-2-1-9(17)10(18)19/h3-4,9,17H,1-2H2,(H,18,19)(H2,15,16,20)/t9-/m0/s1. The van der Waals surface area contributed by atoms with Crippen molar-refractivity contribution in [3.8, 4) is 0 Å². The van der Waals surface area contributed by atoms with Gasteiger partial charge in [0.05, 0.1) is 5.69 Å². The maximum absolute atomic E-state index is 13.2. The van der Waals surface area contributed by atoms with Crippen LogP contribution in [0.2, 0.25) is 0 Å². The highest BCUT2D eigenvalue weighted by atomic mass is 19.2. The zero-order chi connectivity index (χ0) is 15.3. The van der Waals surface area contributed by atoms with E-state index in [4.69, 9.17) is 10.2 Å². The molecule has 0 heterocycles. The Labute approximate surface area is 111 Å². The van der Waals surface area contributed by atoms with Crippen molar-refractivity contribution in [3.05, 3.63) is 29.6 Å². The van der Waals surface area contributed by atoms with Crippen LogP contribution in [-0.2, 0) is 4.79 Å². The lowest BCUT2D eigenvalue weighted by molar-refractivity contribution is -0.146. The minimum atomic E-state index is -1.64. The van der Waals surface area contributed by atoms with Crippen LogP contribution < -0.4 is 10.6 Å². The second-order valence-corrected chi connectivity index (χ2v) is 3.77. The molecule has 2 amide bonds. The number of nitrogens with one attached hydrogen (secondary N) is 2. The van der Waals surface area contributed by atoms with Gasteiger partial charge in [-0.25, -0.2) is 22.8 Å². The van der Waals surface area contributed by atoms with Crippen molar-refractivity contribution in [1.82, 2.24) is 5.32 Å². The molecule has 0 saturated carbocycles. The lowest BCUT2D eigenvalue weighted by atomic mass is 10.2. The van der Waals surface area contributed by atoms with Crippen LogP contribution in [0.4, 0.5) is 23.7 Å². The average molecular weight is 292 g/mol. The van der Waals surface area contributed by atoms with Crippen molar-refractivity contribution in [1.29, 1.82) is 0 Å². The fourth-order valence-electron chi connectivity index (χ4n) is 1.23. The van der Waals surface area contributed by atoms with Crippen molar-refractivity contribution < 1.29 is 33.0 Å². The number of carbonyl (C=O) groups excluding carboxylic acids is 1. The molecule has 0 fully saturated rings. The fraction of sp³-hybridized carbons (Fsp3) is 0.273. The van der Waals surface area contributed by atoms with E-state index < -0.39 is 41.2 Å². The highest BCUT2D eigenvalue weighted by Gasteiger charge is 2.14. The molecule has 0 aromatic heterocycles. The molecule has 0 aliphatic rings. The van der Waals surface area contributed by atoms with E-state index in [1.54, 1.807) is 0 Å². The van der Waals surface area contributed by atoms with E-state index in [2.05, 4.69) is 5.32 Å². The summed E-state index contributed by atoms with van der Waals surface area (Å²) in [5, 5.41) is 21.3. The van der Waals surface area contributed by atoms with Gasteiger partial charge >= 0.3 is 12.0 Å². The van der Waals surface area contributed by atoms with Crippen molar-refractivity contribution in [2.45, 2.75) is 12.5 Å². The smallest absolute Gasteiger partial charge is 0.332 e. The number of benzene rings is 1. The summed E-state index contributed by atoms with van der Waals surface area (Å²) >= 11 is 0. The summed E-state index contributed by atoms with van der Waals surface area (Å²) in [7, 11) is 0.